The summed E-state index contributed by atoms with van der Waals surface area (Å²) < 4.78 is 35.2. The molecule has 1 unspecified atom stereocenters. The van der Waals surface area contributed by atoms with E-state index in [9.17, 15) is 12.8 Å². The van der Waals surface area contributed by atoms with Crippen LogP contribution in [0.25, 0.3) is 5.57 Å². The highest BCUT2D eigenvalue weighted by Gasteiger charge is 2.43. The molecule has 1 fully saturated rings. The predicted molar refractivity (Wildman–Crippen MR) is 105 cm³/mol. The topological polar surface area (TPSA) is 60.2 Å². The van der Waals surface area contributed by atoms with Crippen LogP contribution in [0, 0.1) is 11.3 Å². The Morgan fingerprint density at radius 1 is 1.23 bits per heavy atom. The van der Waals surface area contributed by atoms with Crippen molar-refractivity contribution in [3.8, 4) is 0 Å². The lowest BCUT2D eigenvalue weighted by atomic mass is 9.88. The van der Waals surface area contributed by atoms with Gasteiger partial charge in [0, 0.05) is 11.3 Å². The Bertz CT molecular complexity index is 845. The van der Waals surface area contributed by atoms with Crippen molar-refractivity contribution in [2.45, 2.75) is 38.0 Å². The van der Waals surface area contributed by atoms with E-state index in [1.807, 2.05) is 19.9 Å². The summed E-state index contributed by atoms with van der Waals surface area (Å²) in [6.45, 7) is 7.88. The second-order valence-corrected chi connectivity index (χ2v) is 7.96. The summed E-state index contributed by atoms with van der Waals surface area (Å²) in [5.74, 6) is 0.0288. The van der Waals surface area contributed by atoms with Gasteiger partial charge in [0.05, 0.1) is 11.2 Å². The van der Waals surface area contributed by atoms with E-state index in [-0.39, 0.29) is 16.2 Å². The summed E-state index contributed by atoms with van der Waals surface area (Å²) in [5, 5.41) is 5.16. The highest BCUT2D eigenvalue weighted by molar-refractivity contribution is 7.89. The van der Waals surface area contributed by atoms with Gasteiger partial charge >= 0.3 is 0 Å². The molecule has 2 aliphatic rings. The third-order valence-electron chi connectivity index (χ3n) is 4.67. The maximum Gasteiger partial charge on any atom is 0.238 e. The molecule has 0 aromatic heterocycles. The van der Waals surface area contributed by atoms with Crippen molar-refractivity contribution >= 4 is 15.6 Å². The second-order valence-electron chi connectivity index (χ2n) is 6.40. The Labute approximate surface area is 155 Å². The number of primary sulfonamides is 1. The van der Waals surface area contributed by atoms with E-state index in [1.54, 1.807) is 12.1 Å². The van der Waals surface area contributed by atoms with Gasteiger partial charge in [-0.25, -0.2) is 17.9 Å². The summed E-state index contributed by atoms with van der Waals surface area (Å²) >= 11 is 0. The molecule has 5 heteroatoms. The molecule has 1 atom stereocenters. The monoisotopic (exact) mass is 375 g/mol. The molecule has 1 aromatic rings. The van der Waals surface area contributed by atoms with E-state index < -0.39 is 10.0 Å². The van der Waals surface area contributed by atoms with Crippen molar-refractivity contribution in [3.63, 3.8) is 0 Å². The summed E-state index contributed by atoms with van der Waals surface area (Å²) in [4.78, 5) is 0.0946. The first-order valence-corrected chi connectivity index (χ1v) is 10.4. The zero-order valence-corrected chi connectivity index (χ0v) is 16.1. The quantitative estimate of drug-likeness (QED) is 0.700. The largest absolute Gasteiger partial charge is 0.238 e. The average molecular weight is 376 g/mol. The summed E-state index contributed by atoms with van der Waals surface area (Å²) in [5.41, 5.74) is 3.26. The Morgan fingerprint density at radius 3 is 2.31 bits per heavy atom. The van der Waals surface area contributed by atoms with Crippen molar-refractivity contribution in [3.05, 3.63) is 72.6 Å². The van der Waals surface area contributed by atoms with Crippen LogP contribution in [-0.2, 0) is 10.0 Å². The average Bonchev–Trinajstić information content (AvgIpc) is 3.28. The zero-order chi connectivity index (χ0) is 19.4. The summed E-state index contributed by atoms with van der Waals surface area (Å²) in [6, 6.07) is 6.58. The molecule has 2 aliphatic carbocycles. The highest BCUT2D eigenvalue weighted by atomic mass is 32.2. The number of nitrogens with two attached hydrogens (primary N) is 1. The van der Waals surface area contributed by atoms with Gasteiger partial charge in [-0.3, -0.25) is 0 Å². The summed E-state index contributed by atoms with van der Waals surface area (Å²) in [7, 11) is -3.70. The predicted octanol–water partition coefficient (Wildman–Crippen LogP) is 5.14. The fourth-order valence-corrected chi connectivity index (χ4v) is 3.68. The van der Waals surface area contributed by atoms with E-state index in [2.05, 4.69) is 18.7 Å². The minimum atomic E-state index is -3.70. The molecular weight excluding hydrogens is 349 g/mol. The minimum absolute atomic E-state index is 0.0288. The van der Waals surface area contributed by atoms with Gasteiger partial charge in [-0.05, 0) is 48.1 Å². The van der Waals surface area contributed by atoms with Crippen molar-refractivity contribution in [2.75, 3.05) is 0 Å². The first kappa shape index (κ1) is 20.3. The molecule has 1 aromatic carbocycles. The number of benzene rings is 1. The van der Waals surface area contributed by atoms with E-state index in [0.29, 0.717) is 12.8 Å². The number of halogens is 1. The number of sulfonamides is 1. The fourth-order valence-electron chi connectivity index (χ4n) is 3.16. The van der Waals surface area contributed by atoms with Crippen LogP contribution in [0.15, 0.2) is 71.9 Å². The lowest BCUT2D eigenvalue weighted by Gasteiger charge is -2.16. The SMILES string of the molecule is C=CC(C/C=C/F)C1=CC2(C=C1c1ccc(S(N)(=O)=O)cc1)CC2.CC. The number of hydrogen-bond acceptors (Lipinski definition) is 2. The van der Waals surface area contributed by atoms with Gasteiger partial charge in [0.1, 0.15) is 0 Å². The van der Waals surface area contributed by atoms with Crippen LogP contribution in [0.5, 0.6) is 0 Å². The van der Waals surface area contributed by atoms with Gasteiger partial charge in [-0.2, -0.15) is 0 Å². The van der Waals surface area contributed by atoms with Crippen LogP contribution in [0.4, 0.5) is 4.39 Å². The fraction of sp³-hybridized carbons (Fsp3) is 0.333. The zero-order valence-electron chi connectivity index (χ0n) is 15.3. The van der Waals surface area contributed by atoms with Crippen molar-refractivity contribution in [1.82, 2.24) is 0 Å². The number of hydrogen-bond donors (Lipinski definition) is 1. The Morgan fingerprint density at radius 2 is 1.85 bits per heavy atom. The van der Waals surface area contributed by atoms with Crippen molar-refractivity contribution < 1.29 is 12.8 Å². The van der Waals surface area contributed by atoms with Crippen molar-refractivity contribution in [2.24, 2.45) is 16.5 Å². The highest BCUT2D eigenvalue weighted by Crippen LogP contribution is 2.57. The molecule has 0 bridgehead atoms. The van der Waals surface area contributed by atoms with Gasteiger partial charge in [-0.15, -0.1) is 6.58 Å². The minimum Gasteiger partial charge on any atom is -0.225 e. The molecule has 140 valence electrons. The Kier molecular flexibility index (Phi) is 6.37. The smallest absolute Gasteiger partial charge is 0.225 e. The molecule has 3 nitrogen and oxygen atoms in total. The standard InChI is InChI=1S/C19H20FNO2S.C2H6/c1-2-14(4-3-11-20)17-12-19(9-10-19)13-18(17)15-5-7-16(8-6-15)24(21,22)23;1-2/h2-3,5-8,11-14H,1,4,9-10H2,(H2,21,22,23);1-2H3/b11-3+;. The van der Waals surface area contributed by atoms with Gasteiger partial charge in [0.25, 0.3) is 0 Å². The number of allylic oxidation sites excluding steroid dienone is 6. The molecule has 2 N–H and O–H groups in total. The van der Waals surface area contributed by atoms with Gasteiger partial charge in [0.2, 0.25) is 10.0 Å². The van der Waals surface area contributed by atoms with E-state index >= 15 is 0 Å². The van der Waals surface area contributed by atoms with E-state index in [0.717, 1.165) is 29.6 Å². The van der Waals surface area contributed by atoms with Crippen LogP contribution < -0.4 is 5.14 Å². The lowest BCUT2D eigenvalue weighted by Crippen LogP contribution is -2.12. The first-order valence-electron chi connectivity index (χ1n) is 8.85. The molecule has 0 aliphatic heterocycles. The van der Waals surface area contributed by atoms with E-state index in [4.69, 9.17) is 5.14 Å². The van der Waals surface area contributed by atoms with Crippen LogP contribution in [0.3, 0.4) is 0 Å². The molecule has 1 saturated carbocycles. The molecule has 0 amide bonds. The molecule has 3 rings (SSSR count). The van der Waals surface area contributed by atoms with Gasteiger partial charge in [0.15, 0.2) is 0 Å². The molecule has 0 radical (unpaired) electrons. The third-order valence-corrected chi connectivity index (χ3v) is 5.60. The van der Waals surface area contributed by atoms with Crippen LogP contribution in [-0.4, -0.2) is 8.42 Å². The Hall–Kier alpha value is -1.98. The second kappa shape index (κ2) is 8.14. The molecule has 26 heavy (non-hydrogen) atoms. The third kappa shape index (κ3) is 4.40. The maximum absolute atomic E-state index is 12.4. The first-order chi connectivity index (χ1) is 12.4. The normalized spacial score (nSPS) is 18.8. The van der Waals surface area contributed by atoms with Gasteiger partial charge in [-0.1, -0.05) is 50.3 Å². The van der Waals surface area contributed by atoms with Crippen LogP contribution >= 0.6 is 0 Å². The Balaban J connectivity index is 0.00000117. The molecule has 1 spiro atoms. The number of rotatable bonds is 6. The molecule has 0 heterocycles. The van der Waals surface area contributed by atoms with Crippen LogP contribution in [0.1, 0.15) is 38.7 Å². The maximum atomic E-state index is 12.4. The summed E-state index contributed by atoms with van der Waals surface area (Å²) in [6.07, 6.45) is 11.2. The van der Waals surface area contributed by atoms with Crippen molar-refractivity contribution in [1.29, 1.82) is 0 Å². The molecular formula is C21H26FNO2S. The molecule has 0 saturated heterocycles. The van der Waals surface area contributed by atoms with Crippen LogP contribution in [0.2, 0.25) is 0 Å². The van der Waals surface area contributed by atoms with E-state index in [1.165, 1.54) is 18.2 Å². The van der Waals surface area contributed by atoms with Gasteiger partial charge < -0.3 is 0 Å². The lowest BCUT2D eigenvalue weighted by molar-refractivity contribution is 0.598.